The van der Waals surface area contributed by atoms with E-state index in [0.717, 1.165) is 24.5 Å². The quantitative estimate of drug-likeness (QED) is 0.805. The lowest BCUT2D eigenvalue weighted by atomic mass is 9.96. The second-order valence-electron chi connectivity index (χ2n) is 4.76. The maximum absolute atomic E-state index is 6.13. The van der Waals surface area contributed by atoms with Gasteiger partial charge in [-0.3, -0.25) is 0 Å². The normalized spacial score (nSPS) is 19.5. The van der Waals surface area contributed by atoms with Crippen LogP contribution in [-0.4, -0.2) is 6.04 Å². The summed E-state index contributed by atoms with van der Waals surface area (Å²) >= 11 is 0. The van der Waals surface area contributed by atoms with E-state index in [1.165, 1.54) is 32.1 Å². The molecule has 1 aromatic heterocycles. The largest absolute Gasteiger partial charge is 0.469 e. The Hall–Kier alpha value is -0.760. The minimum atomic E-state index is 0.359. The first kappa shape index (κ1) is 10.7. The molecule has 0 amide bonds. The lowest BCUT2D eigenvalue weighted by molar-refractivity contribution is 0.413. The summed E-state index contributed by atoms with van der Waals surface area (Å²) in [5.74, 6) is 1.97. The first-order chi connectivity index (χ1) is 7.34. The molecule has 0 aromatic carbocycles. The fourth-order valence-electron chi connectivity index (χ4n) is 2.57. The number of rotatable bonds is 5. The summed E-state index contributed by atoms with van der Waals surface area (Å²) in [6.07, 6.45) is 10.6. The van der Waals surface area contributed by atoms with Gasteiger partial charge in [-0.1, -0.05) is 25.7 Å². The number of hydrogen-bond donors (Lipinski definition) is 1. The van der Waals surface area contributed by atoms with Crippen LogP contribution in [-0.2, 0) is 6.42 Å². The Morgan fingerprint density at radius 2 is 2.20 bits per heavy atom. The molecule has 15 heavy (non-hydrogen) atoms. The van der Waals surface area contributed by atoms with Crippen LogP contribution in [0.5, 0.6) is 0 Å². The third kappa shape index (κ3) is 3.38. The maximum atomic E-state index is 6.13. The minimum absolute atomic E-state index is 0.359. The van der Waals surface area contributed by atoms with E-state index in [-0.39, 0.29) is 0 Å². The molecule has 2 heteroatoms. The first-order valence-corrected chi connectivity index (χ1v) is 6.12. The highest BCUT2D eigenvalue weighted by Gasteiger charge is 2.17. The smallest absolute Gasteiger partial charge is 0.103 e. The van der Waals surface area contributed by atoms with Gasteiger partial charge in [0.1, 0.15) is 5.76 Å². The summed E-state index contributed by atoms with van der Waals surface area (Å²) < 4.78 is 5.30. The van der Waals surface area contributed by atoms with Gasteiger partial charge in [-0.2, -0.15) is 0 Å². The van der Waals surface area contributed by atoms with Crippen LogP contribution in [0.1, 0.15) is 44.3 Å². The van der Waals surface area contributed by atoms with Gasteiger partial charge >= 0.3 is 0 Å². The molecule has 0 aliphatic heterocycles. The van der Waals surface area contributed by atoms with E-state index in [2.05, 4.69) is 0 Å². The molecule has 1 fully saturated rings. The fourth-order valence-corrected chi connectivity index (χ4v) is 2.57. The van der Waals surface area contributed by atoms with Crippen LogP contribution in [0.15, 0.2) is 22.8 Å². The van der Waals surface area contributed by atoms with Crippen LogP contribution in [0.2, 0.25) is 0 Å². The highest BCUT2D eigenvalue weighted by atomic mass is 16.3. The molecule has 84 valence electrons. The third-order valence-electron chi connectivity index (χ3n) is 3.45. The van der Waals surface area contributed by atoms with Gasteiger partial charge in [0.25, 0.3) is 0 Å². The van der Waals surface area contributed by atoms with E-state index in [0.29, 0.717) is 6.04 Å². The van der Waals surface area contributed by atoms with Crippen molar-refractivity contribution in [2.24, 2.45) is 11.7 Å². The standard InChI is InChI=1S/C13H21NO/c14-12(10-11-4-1-2-5-11)7-8-13-6-3-9-15-13/h3,6,9,11-12H,1-2,4-5,7-8,10,14H2. The number of nitrogens with two attached hydrogens (primary N) is 1. The van der Waals surface area contributed by atoms with Gasteiger partial charge in [0.15, 0.2) is 0 Å². The lowest BCUT2D eigenvalue weighted by Gasteiger charge is -2.15. The molecule has 0 spiro atoms. The van der Waals surface area contributed by atoms with Gasteiger partial charge in [0, 0.05) is 12.5 Å². The van der Waals surface area contributed by atoms with Crippen molar-refractivity contribution in [2.45, 2.75) is 51.0 Å². The molecule has 2 rings (SSSR count). The summed E-state index contributed by atoms with van der Waals surface area (Å²) in [4.78, 5) is 0. The van der Waals surface area contributed by atoms with Crippen molar-refractivity contribution in [2.75, 3.05) is 0 Å². The second kappa shape index (κ2) is 5.36. The average Bonchev–Trinajstić information content (AvgIpc) is 2.86. The van der Waals surface area contributed by atoms with Crippen molar-refractivity contribution >= 4 is 0 Å². The monoisotopic (exact) mass is 207 g/mol. The van der Waals surface area contributed by atoms with E-state index in [4.69, 9.17) is 10.2 Å². The van der Waals surface area contributed by atoms with E-state index in [1.807, 2.05) is 12.1 Å². The number of furan rings is 1. The topological polar surface area (TPSA) is 39.2 Å². The summed E-state index contributed by atoms with van der Waals surface area (Å²) in [6, 6.07) is 4.33. The zero-order chi connectivity index (χ0) is 10.5. The Kier molecular flexibility index (Phi) is 3.84. The molecule has 0 radical (unpaired) electrons. The molecule has 1 atom stereocenters. The van der Waals surface area contributed by atoms with Crippen LogP contribution < -0.4 is 5.73 Å². The highest BCUT2D eigenvalue weighted by molar-refractivity contribution is 4.98. The summed E-state index contributed by atoms with van der Waals surface area (Å²) in [5.41, 5.74) is 6.13. The Morgan fingerprint density at radius 3 is 2.87 bits per heavy atom. The maximum Gasteiger partial charge on any atom is 0.103 e. The molecule has 1 heterocycles. The van der Waals surface area contributed by atoms with Crippen LogP contribution in [0.4, 0.5) is 0 Å². The van der Waals surface area contributed by atoms with Crippen molar-refractivity contribution < 1.29 is 4.42 Å². The Bertz CT molecular complexity index is 262. The molecule has 2 N–H and O–H groups in total. The van der Waals surface area contributed by atoms with E-state index in [1.54, 1.807) is 6.26 Å². The number of hydrogen-bond acceptors (Lipinski definition) is 2. The van der Waals surface area contributed by atoms with Crippen molar-refractivity contribution in [1.29, 1.82) is 0 Å². The summed E-state index contributed by atoms with van der Waals surface area (Å²) in [6.45, 7) is 0. The molecule has 0 bridgehead atoms. The number of aryl methyl sites for hydroxylation is 1. The van der Waals surface area contributed by atoms with Crippen molar-refractivity contribution in [1.82, 2.24) is 0 Å². The molecule has 0 saturated heterocycles. The van der Waals surface area contributed by atoms with Crippen LogP contribution >= 0.6 is 0 Å². The molecule has 1 unspecified atom stereocenters. The van der Waals surface area contributed by atoms with Crippen molar-refractivity contribution in [3.05, 3.63) is 24.2 Å². The van der Waals surface area contributed by atoms with E-state index >= 15 is 0 Å². The first-order valence-electron chi connectivity index (χ1n) is 6.12. The predicted octanol–water partition coefficient (Wildman–Crippen LogP) is 3.12. The van der Waals surface area contributed by atoms with Crippen molar-refractivity contribution in [3.63, 3.8) is 0 Å². The van der Waals surface area contributed by atoms with Gasteiger partial charge < -0.3 is 10.2 Å². The Balaban J connectivity index is 1.66. The second-order valence-corrected chi connectivity index (χ2v) is 4.76. The van der Waals surface area contributed by atoms with Gasteiger partial charge in [-0.25, -0.2) is 0 Å². The van der Waals surface area contributed by atoms with Gasteiger partial charge in [-0.15, -0.1) is 0 Å². The predicted molar refractivity (Wildman–Crippen MR) is 61.6 cm³/mol. The van der Waals surface area contributed by atoms with Crippen LogP contribution in [0.25, 0.3) is 0 Å². The van der Waals surface area contributed by atoms with Crippen LogP contribution in [0.3, 0.4) is 0 Å². The summed E-state index contributed by atoms with van der Waals surface area (Å²) in [7, 11) is 0. The van der Waals surface area contributed by atoms with Crippen LogP contribution in [0, 0.1) is 5.92 Å². The van der Waals surface area contributed by atoms with Gasteiger partial charge in [0.2, 0.25) is 0 Å². The van der Waals surface area contributed by atoms with Gasteiger partial charge in [-0.05, 0) is 30.9 Å². The fraction of sp³-hybridized carbons (Fsp3) is 0.692. The SMILES string of the molecule is NC(CCc1ccco1)CC1CCCC1. The molecule has 2 nitrogen and oxygen atoms in total. The molecular weight excluding hydrogens is 186 g/mol. The third-order valence-corrected chi connectivity index (χ3v) is 3.45. The zero-order valence-corrected chi connectivity index (χ0v) is 9.32. The zero-order valence-electron chi connectivity index (χ0n) is 9.32. The average molecular weight is 207 g/mol. The van der Waals surface area contributed by atoms with Gasteiger partial charge in [0.05, 0.1) is 6.26 Å². The lowest BCUT2D eigenvalue weighted by Crippen LogP contribution is -2.23. The summed E-state index contributed by atoms with van der Waals surface area (Å²) in [5, 5.41) is 0. The minimum Gasteiger partial charge on any atom is -0.469 e. The highest BCUT2D eigenvalue weighted by Crippen LogP contribution is 2.28. The Morgan fingerprint density at radius 1 is 1.40 bits per heavy atom. The van der Waals surface area contributed by atoms with Crippen molar-refractivity contribution in [3.8, 4) is 0 Å². The molecule has 1 saturated carbocycles. The molecule has 1 aliphatic rings. The van der Waals surface area contributed by atoms with E-state index < -0.39 is 0 Å². The molecular formula is C13H21NO. The Labute approximate surface area is 91.8 Å². The van der Waals surface area contributed by atoms with E-state index in [9.17, 15) is 0 Å². The molecule has 1 aromatic rings. The molecule has 1 aliphatic carbocycles.